The minimum atomic E-state index is -4.60. The molecule has 0 radical (unpaired) electrons. The molecule has 2 aromatic heterocycles. The number of hydrogen-bond donors (Lipinski definition) is 2. The molecule has 1 atom stereocenters. The Kier molecular flexibility index (Phi) is 6.56. The van der Waals surface area contributed by atoms with Crippen LogP contribution in [0.25, 0.3) is 11.3 Å². The zero-order chi connectivity index (χ0) is 28.9. The first-order valence-corrected chi connectivity index (χ1v) is 13.4. The number of rotatable bonds is 5. The van der Waals surface area contributed by atoms with Gasteiger partial charge in [0, 0.05) is 25.4 Å². The molecule has 1 amide bonds. The third-order valence-electron chi connectivity index (χ3n) is 7.99. The van der Waals surface area contributed by atoms with Gasteiger partial charge in [-0.2, -0.15) is 18.3 Å². The van der Waals surface area contributed by atoms with Gasteiger partial charge in [-0.1, -0.05) is 30.3 Å². The van der Waals surface area contributed by atoms with Crippen LogP contribution in [0.3, 0.4) is 0 Å². The summed E-state index contributed by atoms with van der Waals surface area (Å²) in [5, 5.41) is 15.2. The van der Waals surface area contributed by atoms with Crippen molar-refractivity contribution in [3.8, 4) is 11.3 Å². The molecule has 0 unspecified atom stereocenters. The predicted octanol–water partition coefficient (Wildman–Crippen LogP) is 4.28. The van der Waals surface area contributed by atoms with E-state index < -0.39 is 29.2 Å². The van der Waals surface area contributed by atoms with Crippen LogP contribution in [0.2, 0.25) is 0 Å². The monoisotopic (exact) mass is 563 g/mol. The molecule has 3 heterocycles. The number of nitrogens with one attached hydrogen (secondary N) is 1. The van der Waals surface area contributed by atoms with Crippen LogP contribution in [0.4, 0.5) is 13.2 Å². The Labute approximate surface area is 233 Å². The van der Waals surface area contributed by atoms with E-state index in [9.17, 15) is 27.9 Å². The maximum absolute atomic E-state index is 13.4. The van der Waals surface area contributed by atoms with Gasteiger partial charge in [0.25, 0.3) is 11.5 Å². The van der Waals surface area contributed by atoms with Crippen molar-refractivity contribution in [1.82, 2.24) is 24.6 Å². The third-order valence-corrected chi connectivity index (χ3v) is 7.99. The zero-order valence-corrected chi connectivity index (χ0v) is 22.3. The van der Waals surface area contributed by atoms with E-state index in [1.165, 1.54) is 11.0 Å². The largest absolute Gasteiger partial charge is 0.416 e. The Morgan fingerprint density at radius 1 is 1.12 bits per heavy atom. The number of aromatic amines is 1. The number of aromatic nitrogens is 4. The second-order valence-corrected chi connectivity index (χ2v) is 10.8. The SMILES string of the molecule is Cn1ccc(-c2cccc(C3(c4nc5c(c(=O)[nH]4)CN(C(=O)[C@H](O)c4cccc(C(F)(F)F)c4)CCC5)CC3)c2)n1. The smallest absolute Gasteiger partial charge is 0.378 e. The topological polar surface area (TPSA) is 104 Å². The van der Waals surface area contributed by atoms with Crippen molar-refractivity contribution in [1.29, 1.82) is 0 Å². The highest BCUT2D eigenvalue weighted by Crippen LogP contribution is 2.52. The maximum atomic E-state index is 13.4. The van der Waals surface area contributed by atoms with Crippen LogP contribution in [0, 0.1) is 0 Å². The third kappa shape index (κ3) is 5.06. The normalized spacial score (nSPS) is 17.0. The molecule has 2 aliphatic rings. The summed E-state index contributed by atoms with van der Waals surface area (Å²) in [5.41, 5.74) is 1.92. The van der Waals surface area contributed by atoms with Crippen LogP contribution in [0.1, 0.15) is 59.1 Å². The quantitative estimate of drug-likeness (QED) is 0.377. The van der Waals surface area contributed by atoms with Crippen molar-refractivity contribution in [2.24, 2.45) is 7.05 Å². The fourth-order valence-corrected chi connectivity index (χ4v) is 5.57. The summed E-state index contributed by atoms with van der Waals surface area (Å²) in [6, 6.07) is 14.1. The van der Waals surface area contributed by atoms with Crippen molar-refractivity contribution >= 4 is 5.91 Å². The van der Waals surface area contributed by atoms with E-state index in [0.717, 1.165) is 47.9 Å². The summed E-state index contributed by atoms with van der Waals surface area (Å²) in [6.45, 7) is 0.145. The van der Waals surface area contributed by atoms with Crippen molar-refractivity contribution in [2.75, 3.05) is 6.54 Å². The number of carbonyl (C=O) groups is 1. The van der Waals surface area contributed by atoms with Crippen LogP contribution >= 0.6 is 0 Å². The molecule has 11 heteroatoms. The Morgan fingerprint density at radius 2 is 1.90 bits per heavy atom. The van der Waals surface area contributed by atoms with Crippen molar-refractivity contribution in [2.45, 2.75) is 49.9 Å². The zero-order valence-electron chi connectivity index (χ0n) is 22.3. The number of aliphatic hydroxyl groups is 1. The van der Waals surface area contributed by atoms with E-state index in [2.05, 4.69) is 16.1 Å². The first-order valence-electron chi connectivity index (χ1n) is 13.4. The molecule has 2 N–H and O–H groups in total. The lowest BCUT2D eigenvalue weighted by atomic mass is 9.92. The average Bonchev–Trinajstić information content (AvgIpc) is 3.70. The number of fused-ring (bicyclic) bond motifs is 1. The van der Waals surface area contributed by atoms with Crippen LogP contribution in [-0.4, -0.2) is 42.2 Å². The van der Waals surface area contributed by atoms with Gasteiger partial charge in [-0.3, -0.25) is 14.3 Å². The highest BCUT2D eigenvalue weighted by Gasteiger charge is 2.49. The number of amides is 1. The molecule has 212 valence electrons. The van der Waals surface area contributed by atoms with Crippen LogP contribution in [0.5, 0.6) is 0 Å². The van der Waals surface area contributed by atoms with Crippen molar-refractivity contribution < 1.29 is 23.1 Å². The standard InChI is InChI=1S/C30H28F3N5O3/c1-37-14-10-23(36-37)18-5-2-7-20(15-18)29(11-12-29)28-34-24-9-4-13-38(17-22(24)26(40)35-28)27(41)25(39)19-6-3-8-21(16-19)30(31,32)33/h2-3,5-8,10,14-16,25,39H,4,9,11-13,17H2,1H3,(H,34,35,40)/t25-/m1/s1. The molecule has 2 aromatic carbocycles. The van der Waals surface area contributed by atoms with Gasteiger partial charge in [0.15, 0.2) is 6.10 Å². The summed E-state index contributed by atoms with van der Waals surface area (Å²) in [6.07, 6.45) is -1.90. The van der Waals surface area contributed by atoms with Crippen molar-refractivity contribution in [3.05, 3.63) is 105 Å². The van der Waals surface area contributed by atoms with E-state index in [-0.39, 0.29) is 24.2 Å². The molecule has 0 saturated heterocycles. The minimum Gasteiger partial charge on any atom is -0.378 e. The van der Waals surface area contributed by atoms with E-state index in [0.29, 0.717) is 29.9 Å². The van der Waals surface area contributed by atoms with Crippen LogP contribution in [-0.2, 0) is 36.4 Å². The number of halogens is 3. The Morgan fingerprint density at radius 3 is 2.61 bits per heavy atom. The number of carbonyl (C=O) groups excluding carboxylic acids is 1. The average molecular weight is 564 g/mol. The summed E-state index contributed by atoms with van der Waals surface area (Å²) < 4.78 is 41.2. The molecule has 1 saturated carbocycles. The predicted molar refractivity (Wildman–Crippen MR) is 144 cm³/mol. The van der Waals surface area contributed by atoms with Crippen LogP contribution < -0.4 is 5.56 Å². The molecule has 0 spiro atoms. The van der Waals surface area contributed by atoms with Gasteiger partial charge < -0.3 is 15.0 Å². The number of nitrogens with zero attached hydrogens (tertiary/aromatic N) is 4. The van der Waals surface area contributed by atoms with Gasteiger partial charge in [-0.25, -0.2) is 4.98 Å². The van der Waals surface area contributed by atoms with E-state index in [1.807, 2.05) is 37.5 Å². The number of alkyl halides is 3. The Bertz CT molecular complexity index is 1690. The molecule has 1 aliphatic carbocycles. The fraction of sp³-hybridized carbons (Fsp3) is 0.333. The minimum absolute atomic E-state index is 0.0883. The number of aliphatic hydroxyl groups excluding tert-OH is 1. The van der Waals surface area contributed by atoms with E-state index in [1.54, 1.807) is 4.68 Å². The summed E-state index contributed by atoms with van der Waals surface area (Å²) in [5.74, 6) is -0.172. The molecule has 6 rings (SSSR count). The Balaban J connectivity index is 1.26. The van der Waals surface area contributed by atoms with Gasteiger partial charge in [0.2, 0.25) is 0 Å². The van der Waals surface area contributed by atoms with Gasteiger partial charge in [-0.15, -0.1) is 0 Å². The molecule has 41 heavy (non-hydrogen) atoms. The summed E-state index contributed by atoms with van der Waals surface area (Å²) in [7, 11) is 1.86. The highest BCUT2D eigenvalue weighted by atomic mass is 19.4. The molecule has 1 fully saturated rings. The molecular weight excluding hydrogens is 535 g/mol. The summed E-state index contributed by atoms with van der Waals surface area (Å²) in [4.78, 5) is 35.7. The first-order chi connectivity index (χ1) is 19.5. The first kappa shape index (κ1) is 26.9. The van der Waals surface area contributed by atoms with Gasteiger partial charge in [0.05, 0.1) is 34.5 Å². The Hall–Kier alpha value is -4.25. The molecule has 4 aromatic rings. The van der Waals surface area contributed by atoms with Gasteiger partial charge in [-0.05, 0) is 61.1 Å². The highest BCUT2D eigenvalue weighted by molar-refractivity contribution is 5.82. The second kappa shape index (κ2) is 9.99. The fourth-order valence-electron chi connectivity index (χ4n) is 5.57. The number of benzene rings is 2. The van der Waals surface area contributed by atoms with Crippen molar-refractivity contribution in [3.63, 3.8) is 0 Å². The number of hydrogen-bond acceptors (Lipinski definition) is 5. The van der Waals surface area contributed by atoms with Crippen LogP contribution in [0.15, 0.2) is 65.6 Å². The number of H-pyrrole nitrogens is 1. The second-order valence-electron chi connectivity index (χ2n) is 10.8. The van der Waals surface area contributed by atoms with E-state index in [4.69, 9.17) is 4.98 Å². The molecule has 1 aliphatic heterocycles. The lowest BCUT2D eigenvalue weighted by Crippen LogP contribution is -2.36. The molecule has 0 bridgehead atoms. The molecular formula is C30H28F3N5O3. The maximum Gasteiger partial charge on any atom is 0.416 e. The van der Waals surface area contributed by atoms with Gasteiger partial charge in [0.1, 0.15) is 5.82 Å². The molecule has 8 nitrogen and oxygen atoms in total. The van der Waals surface area contributed by atoms with Gasteiger partial charge >= 0.3 is 6.18 Å². The number of aryl methyl sites for hydroxylation is 2. The lowest BCUT2D eigenvalue weighted by molar-refractivity contribution is -0.142. The lowest BCUT2D eigenvalue weighted by Gasteiger charge is -2.24. The van der Waals surface area contributed by atoms with E-state index >= 15 is 0 Å². The summed E-state index contributed by atoms with van der Waals surface area (Å²) >= 11 is 0.